The lowest BCUT2D eigenvalue weighted by Crippen LogP contribution is -2.43. The number of allylic oxidation sites excluding steroid dienone is 1. The summed E-state index contributed by atoms with van der Waals surface area (Å²) in [5, 5.41) is 10.4. The summed E-state index contributed by atoms with van der Waals surface area (Å²) in [5.41, 5.74) is -0.260. The van der Waals surface area contributed by atoms with Gasteiger partial charge in [-0.3, -0.25) is 4.79 Å². The quantitative estimate of drug-likeness (QED) is 0.812. The van der Waals surface area contributed by atoms with Crippen molar-refractivity contribution in [2.24, 2.45) is 23.7 Å². The first-order valence-electron chi connectivity index (χ1n) is 8.33. The van der Waals surface area contributed by atoms with Crippen molar-refractivity contribution in [1.82, 2.24) is 0 Å². The van der Waals surface area contributed by atoms with E-state index in [1.165, 1.54) is 0 Å². The summed E-state index contributed by atoms with van der Waals surface area (Å²) >= 11 is 0. The van der Waals surface area contributed by atoms with Gasteiger partial charge in [0.1, 0.15) is 11.7 Å². The maximum Gasteiger partial charge on any atom is 0.310 e. The molecule has 116 valence electrons. The zero-order chi connectivity index (χ0) is 14.8. The second-order valence-electron chi connectivity index (χ2n) is 7.32. The van der Waals surface area contributed by atoms with Crippen molar-refractivity contribution < 1.29 is 19.4 Å². The molecule has 0 spiro atoms. The fourth-order valence-electron chi connectivity index (χ4n) is 5.33. The molecule has 0 aromatic heterocycles. The summed E-state index contributed by atoms with van der Waals surface area (Å²) in [7, 11) is 0. The highest BCUT2D eigenvalue weighted by atomic mass is 16.6. The first kappa shape index (κ1) is 13.6. The highest BCUT2D eigenvalue weighted by Gasteiger charge is 2.66. The molecule has 4 nitrogen and oxygen atoms in total. The van der Waals surface area contributed by atoms with E-state index in [1.54, 1.807) is 0 Å². The van der Waals surface area contributed by atoms with E-state index in [9.17, 15) is 9.90 Å². The first-order valence-corrected chi connectivity index (χ1v) is 8.33. The Morgan fingerprint density at radius 2 is 2.14 bits per heavy atom. The Morgan fingerprint density at radius 3 is 2.81 bits per heavy atom. The minimum atomic E-state index is -0.538. The number of aliphatic hydroxyl groups is 1. The molecule has 0 aromatic carbocycles. The monoisotopic (exact) mass is 292 g/mol. The summed E-state index contributed by atoms with van der Waals surface area (Å²) < 4.78 is 11.7. The molecule has 3 saturated carbocycles. The van der Waals surface area contributed by atoms with Gasteiger partial charge in [0, 0.05) is 17.8 Å². The molecule has 4 heteroatoms. The van der Waals surface area contributed by atoms with Crippen molar-refractivity contribution in [2.45, 2.75) is 63.3 Å². The van der Waals surface area contributed by atoms with Crippen LogP contribution in [0.4, 0.5) is 0 Å². The van der Waals surface area contributed by atoms with Gasteiger partial charge in [0.2, 0.25) is 0 Å². The van der Waals surface area contributed by atoms with Crippen molar-refractivity contribution in [3.05, 3.63) is 12.3 Å². The number of rotatable bonds is 3. The largest absolute Gasteiger partial charge is 0.492 e. The average Bonchev–Trinajstić information content (AvgIpc) is 3.17. The van der Waals surface area contributed by atoms with Gasteiger partial charge in [-0.15, -0.1) is 0 Å². The number of hydrogen-bond donors (Lipinski definition) is 1. The van der Waals surface area contributed by atoms with Gasteiger partial charge in [0.15, 0.2) is 0 Å². The molecule has 6 unspecified atom stereocenters. The number of carbonyl (C=O) groups excluding carboxylic acids is 1. The minimum absolute atomic E-state index is 0.00735. The summed E-state index contributed by atoms with van der Waals surface area (Å²) in [6.45, 7) is 6.07. The first-order chi connectivity index (χ1) is 10.1. The van der Waals surface area contributed by atoms with Gasteiger partial charge in [0.25, 0.3) is 0 Å². The van der Waals surface area contributed by atoms with E-state index < -0.39 is 6.10 Å². The highest BCUT2D eigenvalue weighted by molar-refractivity contribution is 5.75. The zero-order valence-electron chi connectivity index (χ0n) is 12.6. The molecule has 1 N–H and O–H groups in total. The molecule has 0 amide bonds. The van der Waals surface area contributed by atoms with Gasteiger partial charge < -0.3 is 14.6 Å². The second kappa shape index (κ2) is 4.48. The Morgan fingerprint density at radius 1 is 1.43 bits per heavy atom. The fourth-order valence-corrected chi connectivity index (χ4v) is 5.33. The zero-order valence-corrected chi connectivity index (χ0v) is 12.6. The van der Waals surface area contributed by atoms with Crippen LogP contribution in [0.25, 0.3) is 0 Å². The Bertz CT molecular complexity index is 479. The number of esters is 1. The SMILES string of the molecule is C=C1OC2C(O)C3CC2C1C3C(=O)OC1(CC)CCCC1. The molecule has 1 saturated heterocycles. The minimum Gasteiger partial charge on any atom is -0.492 e. The summed E-state index contributed by atoms with van der Waals surface area (Å²) in [6.07, 6.45) is 5.31. The maximum atomic E-state index is 12.8. The number of aliphatic hydroxyl groups excluding tert-OH is 1. The van der Waals surface area contributed by atoms with Crippen molar-refractivity contribution in [2.75, 3.05) is 0 Å². The molecule has 1 aliphatic heterocycles. The van der Waals surface area contributed by atoms with Gasteiger partial charge in [-0.05, 0) is 38.5 Å². The Labute approximate surface area is 125 Å². The van der Waals surface area contributed by atoms with Crippen LogP contribution in [0, 0.1) is 23.7 Å². The molecular formula is C17H24O4. The molecule has 2 bridgehead atoms. The Balaban J connectivity index is 1.56. The number of ether oxygens (including phenoxy) is 2. The van der Waals surface area contributed by atoms with Gasteiger partial charge in [-0.25, -0.2) is 0 Å². The van der Waals surface area contributed by atoms with E-state index in [2.05, 4.69) is 13.5 Å². The molecule has 0 radical (unpaired) electrons. The van der Waals surface area contributed by atoms with Crippen LogP contribution in [0.5, 0.6) is 0 Å². The van der Waals surface area contributed by atoms with Crippen LogP contribution in [0.2, 0.25) is 0 Å². The predicted octanol–water partition coefficient (Wildman–Crippen LogP) is 2.41. The standard InChI is InChI=1S/C17H24O4/c1-3-17(6-4-5-7-17)21-16(19)13-10-8-11-12(13)9(2)20-15(11)14(10)18/h10-15,18H,2-8H2,1H3. The van der Waals surface area contributed by atoms with Crippen LogP contribution in [0.3, 0.4) is 0 Å². The third-order valence-corrected chi connectivity index (χ3v) is 6.46. The van der Waals surface area contributed by atoms with Crippen molar-refractivity contribution in [3.63, 3.8) is 0 Å². The summed E-state index contributed by atoms with van der Waals surface area (Å²) in [4.78, 5) is 12.8. The number of carbonyl (C=O) groups is 1. The van der Waals surface area contributed by atoms with Crippen LogP contribution in [-0.2, 0) is 14.3 Å². The number of hydrogen-bond acceptors (Lipinski definition) is 4. The van der Waals surface area contributed by atoms with E-state index in [-0.39, 0.29) is 41.3 Å². The van der Waals surface area contributed by atoms with Crippen LogP contribution < -0.4 is 0 Å². The van der Waals surface area contributed by atoms with Crippen LogP contribution in [-0.4, -0.2) is 28.9 Å². The van der Waals surface area contributed by atoms with Gasteiger partial charge >= 0.3 is 5.97 Å². The average molecular weight is 292 g/mol. The molecule has 0 aromatic rings. The van der Waals surface area contributed by atoms with Crippen molar-refractivity contribution in [3.8, 4) is 0 Å². The topological polar surface area (TPSA) is 55.8 Å². The fraction of sp³-hybridized carbons (Fsp3) is 0.824. The van der Waals surface area contributed by atoms with Gasteiger partial charge in [-0.1, -0.05) is 13.5 Å². The Hall–Kier alpha value is -1.03. The molecule has 3 aliphatic carbocycles. The van der Waals surface area contributed by atoms with E-state index in [0.717, 1.165) is 38.5 Å². The maximum absolute atomic E-state index is 12.8. The van der Waals surface area contributed by atoms with E-state index in [4.69, 9.17) is 9.47 Å². The molecule has 4 rings (SSSR count). The highest BCUT2D eigenvalue weighted by Crippen LogP contribution is 2.61. The normalized spacial score (nSPS) is 45.9. The second-order valence-corrected chi connectivity index (χ2v) is 7.32. The van der Waals surface area contributed by atoms with E-state index in [0.29, 0.717) is 5.76 Å². The summed E-state index contributed by atoms with van der Waals surface area (Å²) in [6, 6.07) is 0. The molecule has 4 aliphatic rings. The van der Waals surface area contributed by atoms with Crippen LogP contribution >= 0.6 is 0 Å². The molecule has 6 atom stereocenters. The summed E-state index contributed by atoms with van der Waals surface area (Å²) in [5.74, 6) is 0.623. The number of fused-ring (bicyclic) bond motifs is 1. The molecule has 1 heterocycles. The van der Waals surface area contributed by atoms with Crippen molar-refractivity contribution in [1.29, 1.82) is 0 Å². The third-order valence-electron chi connectivity index (χ3n) is 6.46. The smallest absolute Gasteiger partial charge is 0.310 e. The molecule has 21 heavy (non-hydrogen) atoms. The predicted molar refractivity (Wildman–Crippen MR) is 76.2 cm³/mol. The lowest BCUT2D eigenvalue weighted by molar-refractivity contribution is -0.170. The van der Waals surface area contributed by atoms with Crippen molar-refractivity contribution >= 4 is 5.97 Å². The molecule has 4 fully saturated rings. The van der Waals surface area contributed by atoms with E-state index in [1.807, 2.05) is 0 Å². The van der Waals surface area contributed by atoms with Gasteiger partial charge in [0.05, 0.1) is 17.8 Å². The lowest BCUT2D eigenvalue weighted by atomic mass is 9.78. The van der Waals surface area contributed by atoms with Crippen LogP contribution in [0.15, 0.2) is 12.3 Å². The Kier molecular flexibility index (Phi) is 2.91. The van der Waals surface area contributed by atoms with Crippen LogP contribution in [0.1, 0.15) is 45.4 Å². The third kappa shape index (κ3) is 1.74. The molecular weight excluding hydrogens is 268 g/mol. The lowest BCUT2D eigenvalue weighted by Gasteiger charge is -2.33. The van der Waals surface area contributed by atoms with Gasteiger partial charge in [-0.2, -0.15) is 0 Å². The van der Waals surface area contributed by atoms with E-state index >= 15 is 0 Å².